The Hall–Kier alpha value is -1.02. The van der Waals surface area contributed by atoms with Crippen molar-refractivity contribution >= 4 is 0 Å². The second-order valence-electron chi connectivity index (χ2n) is 2.30. The van der Waals surface area contributed by atoms with Crippen molar-refractivity contribution in [3.8, 4) is 5.75 Å². The van der Waals surface area contributed by atoms with Crippen LogP contribution in [0, 0.1) is 0 Å². The lowest BCUT2D eigenvalue weighted by Crippen LogP contribution is -2.19. The molecule has 2 nitrogen and oxygen atoms in total. The molecule has 0 saturated heterocycles. The highest BCUT2D eigenvalue weighted by molar-refractivity contribution is 5.34. The number of hydroxylamine groups is 1. The summed E-state index contributed by atoms with van der Waals surface area (Å²) in [6, 6.07) is 8.00. The molecule has 0 aliphatic carbocycles. The number of fused-ring (bicyclic) bond motifs is 1. The highest BCUT2D eigenvalue weighted by Gasteiger charge is 2.08. The minimum Gasteiger partial charge on any atom is -0.388 e. The number of hydrogen-bond donors (Lipinski definition) is 0. The summed E-state index contributed by atoms with van der Waals surface area (Å²) in [6.07, 6.45) is 1.01. The maximum Gasteiger partial charge on any atom is 0.152 e. The molecule has 1 aromatic rings. The van der Waals surface area contributed by atoms with Gasteiger partial charge in [0.25, 0.3) is 0 Å². The summed E-state index contributed by atoms with van der Waals surface area (Å²) >= 11 is 0. The van der Waals surface area contributed by atoms with Gasteiger partial charge in [-0.1, -0.05) is 18.2 Å². The van der Waals surface area contributed by atoms with Gasteiger partial charge in [0.2, 0.25) is 0 Å². The molecule has 0 spiro atoms. The topological polar surface area (TPSA) is 23.3 Å². The van der Waals surface area contributed by atoms with Crippen molar-refractivity contribution in [3.05, 3.63) is 29.8 Å². The van der Waals surface area contributed by atoms with Crippen LogP contribution >= 0.6 is 0 Å². The first-order valence-corrected chi connectivity index (χ1v) is 3.38. The van der Waals surface area contributed by atoms with Crippen molar-refractivity contribution in [1.82, 2.24) is 5.48 Å². The van der Waals surface area contributed by atoms with Gasteiger partial charge in [-0.15, -0.1) is 0 Å². The number of rotatable bonds is 0. The largest absolute Gasteiger partial charge is 0.388 e. The second-order valence-corrected chi connectivity index (χ2v) is 2.30. The Bertz CT molecular complexity index is 209. The van der Waals surface area contributed by atoms with Gasteiger partial charge in [-0.3, -0.25) is 0 Å². The van der Waals surface area contributed by atoms with E-state index in [2.05, 4.69) is 11.5 Å². The lowest BCUT2D eigenvalue weighted by atomic mass is 10.1. The van der Waals surface area contributed by atoms with Gasteiger partial charge in [0.15, 0.2) is 5.75 Å². The predicted octanol–water partition coefficient (Wildman–Crippen LogP) is 1.14. The maximum absolute atomic E-state index is 5.05. The van der Waals surface area contributed by atoms with E-state index in [0.717, 1.165) is 18.7 Å². The van der Waals surface area contributed by atoms with Gasteiger partial charge in [0, 0.05) is 0 Å². The van der Waals surface area contributed by atoms with E-state index < -0.39 is 0 Å². The van der Waals surface area contributed by atoms with Crippen LogP contribution in [0.5, 0.6) is 5.75 Å². The summed E-state index contributed by atoms with van der Waals surface area (Å²) in [7, 11) is 0. The third-order valence-electron chi connectivity index (χ3n) is 1.61. The quantitative estimate of drug-likeness (QED) is 0.522. The molecule has 0 unspecified atom stereocenters. The standard InChI is InChI=1S/C8H8NO/c1-2-4-8-7(3-1)5-6-9-10-8/h1-4H,5-6H2. The van der Waals surface area contributed by atoms with Crippen LogP contribution in [0.2, 0.25) is 0 Å². The molecule has 1 aliphatic rings. The molecule has 0 atom stereocenters. The molecule has 0 N–H and O–H groups in total. The molecule has 2 rings (SSSR count). The van der Waals surface area contributed by atoms with Crippen molar-refractivity contribution in [2.24, 2.45) is 0 Å². The first-order valence-electron chi connectivity index (χ1n) is 3.38. The van der Waals surface area contributed by atoms with Crippen molar-refractivity contribution in [2.45, 2.75) is 6.42 Å². The summed E-state index contributed by atoms with van der Waals surface area (Å²) in [4.78, 5) is 5.05. The van der Waals surface area contributed by atoms with E-state index in [1.54, 1.807) is 0 Å². The number of benzene rings is 1. The predicted molar refractivity (Wildman–Crippen MR) is 37.8 cm³/mol. The number of para-hydroxylation sites is 1. The van der Waals surface area contributed by atoms with Crippen molar-refractivity contribution in [3.63, 3.8) is 0 Å². The SMILES string of the molecule is c1ccc2c(c1)CC[N]O2. The monoisotopic (exact) mass is 134 g/mol. The normalized spacial score (nSPS) is 15.6. The van der Waals surface area contributed by atoms with Gasteiger partial charge >= 0.3 is 0 Å². The summed E-state index contributed by atoms with van der Waals surface area (Å²) in [5.74, 6) is 0.911. The van der Waals surface area contributed by atoms with E-state index in [4.69, 9.17) is 4.84 Å². The Morgan fingerprint density at radius 2 is 2.20 bits per heavy atom. The van der Waals surface area contributed by atoms with Crippen LogP contribution in [0.25, 0.3) is 0 Å². The summed E-state index contributed by atoms with van der Waals surface area (Å²) in [5, 5.41) is 0. The van der Waals surface area contributed by atoms with E-state index in [1.807, 2.05) is 18.2 Å². The van der Waals surface area contributed by atoms with Gasteiger partial charge in [-0.25, -0.2) is 0 Å². The molecule has 2 heteroatoms. The lowest BCUT2D eigenvalue weighted by Gasteiger charge is -2.13. The molecular formula is C8H8NO. The molecule has 0 saturated carbocycles. The summed E-state index contributed by atoms with van der Waals surface area (Å²) in [5.41, 5.74) is 5.08. The van der Waals surface area contributed by atoms with E-state index in [9.17, 15) is 0 Å². The van der Waals surface area contributed by atoms with E-state index in [0.29, 0.717) is 0 Å². The smallest absolute Gasteiger partial charge is 0.152 e. The zero-order chi connectivity index (χ0) is 6.81. The third-order valence-corrected chi connectivity index (χ3v) is 1.61. The fourth-order valence-corrected chi connectivity index (χ4v) is 1.08. The van der Waals surface area contributed by atoms with Crippen molar-refractivity contribution in [1.29, 1.82) is 0 Å². The molecule has 51 valence electrons. The Labute approximate surface area is 59.8 Å². The highest BCUT2D eigenvalue weighted by Crippen LogP contribution is 2.19. The van der Waals surface area contributed by atoms with Crippen LogP contribution in [-0.4, -0.2) is 6.54 Å². The average molecular weight is 134 g/mol. The third kappa shape index (κ3) is 0.866. The molecule has 0 fully saturated rings. The van der Waals surface area contributed by atoms with Crippen LogP contribution in [-0.2, 0) is 6.42 Å². The van der Waals surface area contributed by atoms with Gasteiger partial charge in [0.1, 0.15) is 0 Å². The van der Waals surface area contributed by atoms with Crippen LogP contribution in [0.15, 0.2) is 24.3 Å². The Morgan fingerprint density at radius 1 is 1.30 bits per heavy atom. The van der Waals surface area contributed by atoms with Crippen LogP contribution in [0.4, 0.5) is 0 Å². The number of nitrogens with zero attached hydrogens (tertiary/aromatic N) is 1. The lowest BCUT2D eigenvalue weighted by molar-refractivity contribution is 0.169. The van der Waals surface area contributed by atoms with Gasteiger partial charge in [0.05, 0.1) is 6.54 Å². The van der Waals surface area contributed by atoms with Crippen molar-refractivity contribution in [2.75, 3.05) is 6.54 Å². The fourth-order valence-electron chi connectivity index (χ4n) is 1.08. The van der Waals surface area contributed by atoms with Gasteiger partial charge in [-0.2, -0.15) is 0 Å². The van der Waals surface area contributed by atoms with Crippen LogP contribution < -0.4 is 10.3 Å². The minimum absolute atomic E-state index is 0.789. The van der Waals surface area contributed by atoms with E-state index in [1.165, 1.54) is 5.56 Å². The molecule has 0 amide bonds. The van der Waals surface area contributed by atoms with Crippen molar-refractivity contribution < 1.29 is 4.84 Å². The molecule has 0 bridgehead atoms. The second kappa shape index (κ2) is 2.31. The molecule has 1 heterocycles. The molecular weight excluding hydrogens is 126 g/mol. The zero-order valence-corrected chi connectivity index (χ0v) is 5.58. The maximum atomic E-state index is 5.05. The molecule has 1 aliphatic heterocycles. The summed E-state index contributed by atoms with van der Waals surface area (Å²) < 4.78 is 0. The summed E-state index contributed by atoms with van der Waals surface area (Å²) in [6.45, 7) is 0.789. The minimum atomic E-state index is 0.789. The molecule has 10 heavy (non-hydrogen) atoms. The number of hydrogen-bond acceptors (Lipinski definition) is 1. The molecule has 1 radical (unpaired) electrons. The fraction of sp³-hybridized carbons (Fsp3) is 0.250. The Kier molecular flexibility index (Phi) is 1.32. The first-order chi connectivity index (χ1) is 4.97. The van der Waals surface area contributed by atoms with Gasteiger partial charge in [-0.05, 0) is 23.5 Å². The van der Waals surface area contributed by atoms with Crippen LogP contribution in [0.3, 0.4) is 0 Å². The average Bonchev–Trinajstić information content (AvgIpc) is 2.05. The highest BCUT2D eigenvalue weighted by atomic mass is 16.6. The van der Waals surface area contributed by atoms with Crippen LogP contribution in [0.1, 0.15) is 5.56 Å². The Morgan fingerprint density at radius 3 is 3.10 bits per heavy atom. The van der Waals surface area contributed by atoms with Gasteiger partial charge < -0.3 is 4.84 Å². The van der Waals surface area contributed by atoms with E-state index >= 15 is 0 Å². The molecule has 0 aromatic heterocycles. The zero-order valence-electron chi connectivity index (χ0n) is 5.58. The Balaban J connectivity index is 2.41. The first kappa shape index (κ1) is 5.74. The molecule has 1 aromatic carbocycles. The van der Waals surface area contributed by atoms with E-state index in [-0.39, 0.29) is 0 Å².